The van der Waals surface area contributed by atoms with Gasteiger partial charge in [-0.05, 0) is 73.5 Å². The zero-order chi connectivity index (χ0) is 27.8. The van der Waals surface area contributed by atoms with Crippen molar-refractivity contribution in [3.63, 3.8) is 0 Å². The molecule has 8 nitrogen and oxygen atoms in total. The zero-order valence-corrected chi connectivity index (χ0v) is 23.1. The van der Waals surface area contributed by atoms with Crippen LogP contribution in [0.5, 0.6) is 5.75 Å². The standard InChI is InChI=1S/C29H28ClN3O5S/c1-3-38-28(36)20-9-11-22(12-10-20)31-27(35)25-18-26(34)33(16-15-19-7-13-24(37-2)14-8-19)29(39-25)32-23-6-4-5-21(30)17-23/h4-14,17,25H,3,15-16,18H2,1-2H3,(H,31,35). The van der Waals surface area contributed by atoms with Gasteiger partial charge in [-0.25, -0.2) is 9.79 Å². The summed E-state index contributed by atoms with van der Waals surface area (Å²) in [5, 5.41) is 3.11. The Bertz CT molecular complexity index is 1360. The second kappa shape index (κ2) is 13.3. The monoisotopic (exact) mass is 565 g/mol. The lowest BCUT2D eigenvalue weighted by molar-refractivity contribution is -0.129. The first-order valence-corrected chi connectivity index (χ1v) is 13.6. The van der Waals surface area contributed by atoms with E-state index in [-0.39, 0.29) is 24.8 Å². The number of hydrogen-bond acceptors (Lipinski definition) is 7. The highest BCUT2D eigenvalue weighted by atomic mass is 35.5. The van der Waals surface area contributed by atoms with E-state index < -0.39 is 11.2 Å². The lowest BCUT2D eigenvalue weighted by Gasteiger charge is -2.32. The van der Waals surface area contributed by atoms with E-state index in [1.807, 2.05) is 24.3 Å². The van der Waals surface area contributed by atoms with Gasteiger partial charge in [-0.2, -0.15) is 0 Å². The van der Waals surface area contributed by atoms with Gasteiger partial charge < -0.3 is 14.8 Å². The predicted octanol–water partition coefficient (Wildman–Crippen LogP) is 5.73. The minimum absolute atomic E-state index is 0.0224. The number of benzene rings is 3. The lowest BCUT2D eigenvalue weighted by Crippen LogP contribution is -2.46. The maximum Gasteiger partial charge on any atom is 0.338 e. The molecule has 0 saturated carbocycles. The van der Waals surface area contributed by atoms with Gasteiger partial charge in [0.05, 0.1) is 25.0 Å². The van der Waals surface area contributed by atoms with Crippen molar-refractivity contribution in [2.24, 2.45) is 4.99 Å². The molecule has 1 aliphatic heterocycles. The fourth-order valence-corrected chi connectivity index (χ4v) is 5.19. The zero-order valence-electron chi connectivity index (χ0n) is 21.6. The van der Waals surface area contributed by atoms with Crippen LogP contribution in [0.4, 0.5) is 11.4 Å². The number of amidine groups is 1. The van der Waals surface area contributed by atoms with E-state index in [0.29, 0.717) is 40.1 Å². The quantitative estimate of drug-likeness (QED) is 0.333. The van der Waals surface area contributed by atoms with Crippen molar-refractivity contribution in [1.29, 1.82) is 0 Å². The average molecular weight is 566 g/mol. The smallest absolute Gasteiger partial charge is 0.338 e. The number of ether oxygens (including phenoxy) is 2. The Balaban J connectivity index is 1.50. The molecule has 3 aromatic carbocycles. The molecule has 1 saturated heterocycles. The van der Waals surface area contributed by atoms with Crippen LogP contribution >= 0.6 is 23.4 Å². The summed E-state index contributed by atoms with van der Waals surface area (Å²) in [6, 6.07) is 21.1. The summed E-state index contributed by atoms with van der Waals surface area (Å²) in [5.74, 6) is -0.192. The predicted molar refractivity (Wildman–Crippen MR) is 154 cm³/mol. The van der Waals surface area contributed by atoms with Crippen molar-refractivity contribution >= 4 is 57.7 Å². The maximum absolute atomic E-state index is 13.3. The highest BCUT2D eigenvalue weighted by Gasteiger charge is 2.35. The van der Waals surface area contributed by atoms with Crippen LogP contribution in [-0.4, -0.2) is 53.4 Å². The van der Waals surface area contributed by atoms with Crippen LogP contribution in [0.2, 0.25) is 5.02 Å². The third-order valence-electron chi connectivity index (χ3n) is 5.91. The number of thioether (sulfide) groups is 1. The van der Waals surface area contributed by atoms with Gasteiger partial charge in [-0.15, -0.1) is 0 Å². The van der Waals surface area contributed by atoms with E-state index >= 15 is 0 Å². The summed E-state index contributed by atoms with van der Waals surface area (Å²) in [6.07, 6.45) is 0.628. The molecule has 1 unspecified atom stereocenters. The third kappa shape index (κ3) is 7.61. The number of hydrogen-bond donors (Lipinski definition) is 1. The normalized spacial score (nSPS) is 16.2. The Morgan fingerprint density at radius 2 is 1.85 bits per heavy atom. The second-order valence-corrected chi connectivity index (χ2v) is 10.2. The number of methoxy groups -OCH3 is 1. The molecule has 1 fully saturated rings. The Morgan fingerprint density at radius 1 is 1.10 bits per heavy atom. The largest absolute Gasteiger partial charge is 0.497 e. The first-order chi connectivity index (χ1) is 18.9. The van der Waals surface area contributed by atoms with Crippen molar-refractivity contribution in [2.45, 2.75) is 25.0 Å². The molecule has 0 aromatic heterocycles. The number of rotatable bonds is 9. The molecular formula is C29H28ClN3O5S. The van der Waals surface area contributed by atoms with Gasteiger partial charge in [0.15, 0.2) is 5.17 Å². The van der Waals surface area contributed by atoms with Gasteiger partial charge in [-0.1, -0.05) is 41.6 Å². The number of nitrogens with zero attached hydrogens (tertiary/aromatic N) is 2. The minimum Gasteiger partial charge on any atom is -0.497 e. The summed E-state index contributed by atoms with van der Waals surface area (Å²) < 4.78 is 10.2. The van der Waals surface area contributed by atoms with Crippen LogP contribution < -0.4 is 10.1 Å². The van der Waals surface area contributed by atoms with Gasteiger partial charge in [0, 0.05) is 23.7 Å². The molecule has 202 valence electrons. The SMILES string of the molecule is CCOC(=O)c1ccc(NC(=O)C2CC(=O)N(CCc3ccc(OC)cc3)C(=Nc3cccc(Cl)c3)S2)cc1. The first-order valence-electron chi connectivity index (χ1n) is 12.4. The molecule has 4 rings (SSSR count). The number of halogens is 1. The molecule has 1 atom stereocenters. The molecule has 0 radical (unpaired) electrons. The molecule has 1 aliphatic rings. The molecule has 3 aromatic rings. The molecule has 1 heterocycles. The van der Waals surface area contributed by atoms with Crippen molar-refractivity contribution in [1.82, 2.24) is 4.90 Å². The van der Waals surface area contributed by atoms with E-state index in [4.69, 9.17) is 21.1 Å². The number of carbonyl (C=O) groups excluding carboxylic acids is 3. The van der Waals surface area contributed by atoms with E-state index in [2.05, 4.69) is 10.3 Å². The van der Waals surface area contributed by atoms with E-state index in [1.165, 1.54) is 11.8 Å². The number of esters is 1. The summed E-state index contributed by atoms with van der Waals surface area (Å²) in [7, 11) is 1.61. The summed E-state index contributed by atoms with van der Waals surface area (Å²) >= 11 is 7.38. The second-order valence-electron chi connectivity index (χ2n) is 8.62. The van der Waals surface area contributed by atoms with Gasteiger partial charge in [0.25, 0.3) is 0 Å². The Labute approximate surface area is 236 Å². The van der Waals surface area contributed by atoms with Crippen molar-refractivity contribution in [2.75, 3.05) is 25.6 Å². The number of anilines is 1. The van der Waals surface area contributed by atoms with E-state index in [9.17, 15) is 14.4 Å². The van der Waals surface area contributed by atoms with Crippen molar-refractivity contribution in [3.8, 4) is 5.75 Å². The molecule has 0 bridgehead atoms. The van der Waals surface area contributed by atoms with Crippen LogP contribution in [0, 0.1) is 0 Å². The van der Waals surface area contributed by atoms with Crippen LogP contribution in [0.3, 0.4) is 0 Å². The van der Waals surface area contributed by atoms with Crippen molar-refractivity contribution in [3.05, 3.63) is 88.9 Å². The number of nitrogens with one attached hydrogen (secondary N) is 1. The van der Waals surface area contributed by atoms with Gasteiger partial charge >= 0.3 is 5.97 Å². The highest BCUT2D eigenvalue weighted by molar-refractivity contribution is 8.15. The lowest BCUT2D eigenvalue weighted by atomic mass is 10.1. The molecule has 1 N–H and O–H groups in total. The number of amides is 2. The van der Waals surface area contributed by atoms with E-state index in [0.717, 1.165) is 11.3 Å². The Morgan fingerprint density at radius 3 is 2.51 bits per heavy atom. The summed E-state index contributed by atoms with van der Waals surface area (Å²) in [5.41, 5.74) is 2.53. The van der Waals surface area contributed by atoms with Crippen LogP contribution in [-0.2, 0) is 20.7 Å². The van der Waals surface area contributed by atoms with Gasteiger partial charge in [0.1, 0.15) is 11.0 Å². The van der Waals surface area contributed by atoms with Crippen LogP contribution in [0.1, 0.15) is 29.3 Å². The van der Waals surface area contributed by atoms with Crippen LogP contribution in [0.15, 0.2) is 77.8 Å². The molecule has 0 aliphatic carbocycles. The molecule has 39 heavy (non-hydrogen) atoms. The molecule has 10 heteroatoms. The topological polar surface area (TPSA) is 97.3 Å². The summed E-state index contributed by atoms with van der Waals surface area (Å²) in [4.78, 5) is 44.6. The van der Waals surface area contributed by atoms with Crippen molar-refractivity contribution < 1.29 is 23.9 Å². The van der Waals surface area contributed by atoms with Crippen LogP contribution in [0.25, 0.3) is 0 Å². The Kier molecular flexibility index (Phi) is 9.62. The Hall–Kier alpha value is -3.82. The highest BCUT2D eigenvalue weighted by Crippen LogP contribution is 2.31. The molecule has 0 spiro atoms. The van der Waals surface area contributed by atoms with Gasteiger partial charge in [0.2, 0.25) is 11.8 Å². The van der Waals surface area contributed by atoms with E-state index in [1.54, 1.807) is 67.5 Å². The number of carbonyl (C=O) groups is 3. The fraction of sp³-hybridized carbons (Fsp3) is 0.241. The molecule has 2 amide bonds. The first kappa shape index (κ1) is 28.2. The maximum atomic E-state index is 13.3. The summed E-state index contributed by atoms with van der Waals surface area (Å²) in [6.45, 7) is 2.42. The third-order valence-corrected chi connectivity index (χ3v) is 7.33. The minimum atomic E-state index is -0.683. The molecular weight excluding hydrogens is 538 g/mol. The number of aliphatic imine (C=N–C) groups is 1. The average Bonchev–Trinajstić information content (AvgIpc) is 2.93. The fourth-order valence-electron chi connectivity index (χ4n) is 3.88. The van der Waals surface area contributed by atoms with Gasteiger partial charge in [-0.3, -0.25) is 14.5 Å².